The van der Waals surface area contributed by atoms with E-state index in [0.717, 1.165) is 47.1 Å². The van der Waals surface area contributed by atoms with E-state index in [9.17, 15) is 4.79 Å². The zero-order chi connectivity index (χ0) is 20.3. The first-order chi connectivity index (χ1) is 14.1. The Hall–Kier alpha value is -2.44. The summed E-state index contributed by atoms with van der Waals surface area (Å²) in [6.07, 6.45) is 3.38. The van der Waals surface area contributed by atoms with Crippen molar-refractivity contribution >= 4 is 46.5 Å². The Bertz CT molecular complexity index is 969. The van der Waals surface area contributed by atoms with Gasteiger partial charge in [-0.2, -0.15) is 11.8 Å². The van der Waals surface area contributed by atoms with E-state index < -0.39 is 0 Å². The Morgan fingerprint density at radius 1 is 1.24 bits per heavy atom. The van der Waals surface area contributed by atoms with Gasteiger partial charge in [0.15, 0.2) is 0 Å². The van der Waals surface area contributed by atoms with Crippen molar-refractivity contribution in [1.29, 1.82) is 0 Å². The standard InChI is InChI=1S/C22H23ClN4OS/c1-2-24-20(28)16-6-7-18-19(13-16)26-21(22(27-18)8-10-29-11-9-22)25-14-15-4-3-5-17(23)12-15/h2-7,12-13,27H,1,8-11,14H2,(H,24,28)(H,25,26). The van der Waals surface area contributed by atoms with Crippen LogP contribution < -0.4 is 16.0 Å². The normalized spacial score (nSPS) is 18.4. The molecule has 1 spiro atoms. The van der Waals surface area contributed by atoms with Crippen molar-refractivity contribution in [2.24, 2.45) is 4.99 Å². The third-order valence-electron chi connectivity index (χ3n) is 5.25. The Morgan fingerprint density at radius 3 is 2.83 bits per heavy atom. The van der Waals surface area contributed by atoms with Crippen molar-refractivity contribution in [2.75, 3.05) is 22.1 Å². The highest BCUT2D eigenvalue weighted by Gasteiger charge is 2.41. The minimum absolute atomic E-state index is 0.184. The molecule has 0 aliphatic carbocycles. The topological polar surface area (TPSA) is 65.5 Å². The number of rotatable bonds is 4. The number of thioether (sulfide) groups is 1. The van der Waals surface area contributed by atoms with Gasteiger partial charge in [-0.05, 0) is 66.4 Å². The number of nitrogens with one attached hydrogen (secondary N) is 3. The summed E-state index contributed by atoms with van der Waals surface area (Å²) in [5.41, 5.74) is 3.28. The van der Waals surface area contributed by atoms with Crippen LogP contribution >= 0.6 is 23.4 Å². The number of carbonyl (C=O) groups excluding carboxylic acids is 1. The highest BCUT2D eigenvalue weighted by Crippen LogP contribution is 2.39. The van der Waals surface area contributed by atoms with Gasteiger partial charge in [0.25, 0.3) is 5.91 Å². The first kappa shape index (κ1) is 19.9. The van der Waals surface area contributed by atoms with E-state index in [1.54, 1.807) is 0 Å². The van der Waals surface area contributed by atoms with Crippen molar-refractivity contribution in [1.82, 2.24) is 5.32 Å². The number of amides is 1. The molecule has 29 heavy (non-hydrogen) atoms. The van der Waals surface area contributed by atoms with Crippen LogP contribution in [-0.4, -0.2) is 28.8 Å². The molecule has 2 aliphatic rings. The Labute approximate surface area is 180 Å². The molecule has 1 saturated heterocycles. The van der Waals surface area contributed by atoms with Gasteiger partial charge >= 0.3 is 0 Å². The fourth-order valence-corrected chi connectivity index (χ4v) is 5.12. The number of amidine groups is 1. The third-order valence-corrected chi connectivity index (χ3v) is 6.47. The van der Waals surface area contributed by atoms with Crippen LogP contribution in [0.3, 0.4) is 0 Å². The van der Waals surface area contributed by atoms with Gasteiger partial charge in [-0.15, -0.1) is 0 Å². The quantitative estimate of drug-likeness (QED) is 0.649. The molecule has 0 saturated carbocycles. The van der Waals surface area contributed by atoms with Crippen molar-refractivity contribution in [2.45, 2.75) is 24.9 Å². The average molecular weight is 427 g/mol. The number of nitrogens with zero attached hydrogens (tertiary/aromatic N) is 1. The third kappa shape index (κ3) is 4.28. The number of anilines is 2. The molecule has 7 heteroatoms. The molecule has 150 valence electrons. The molecule has 1 amide bonds. The van der Waals surface area contributed by atoms with Crippen LogP contribution in [0.25, 0.3) is 0 Å². The van der Waals surface area contributed by atoms with Gasteiger partial charge in [-0.3, -0.25) is 9.79 Å². The highest BCUT2D eigenvalue weighted by atomic mass is 35.5. The fourth-order valence-electron chi connectivity index (χ4n) is 3.72. The summed E-state index contributed by atoms with van der Waals surface area (Å²) in [5, 5.41) is 10.6. The zero-order valence-electron chi connectivity index (χ0n) is 16.0. The Morgan fingerprint density at radius 2 is 2.07 bits per heavy atom. The van der Waals surface area contributed by atoms with Crippen LogP contribution in [0.5, 0.6) is 0 Å². The SMILES string of the molecule is C=CNC(=O)c1ccc2c(c1)NC(=NCc1cccc(Cl)c1)C1(CCSCC1)N2. The van der Waals surface area contributed by atoms with Crippen LogP contribution in [0.2, 0.25) is 5.02 Å². The molecule has 0 atom stereocenters. The Balaban J connectivity index is 1.67. The van der Waals surface area contributed by atoms with Gasteiger partial charge in [0.2, 0.25) is 0 Å². The van der Waals surface area contributed by atoms with Gasteiger partial charge in [-0.25, -0.2) is 0 Å². The van der Waals surface area contributed by atoms with Crippen LogP contribution in [0.15, 0.2) is 60.2 Å². The summed E-state index contributed by atoms with van der Waals surface area (Å²) in [5.74, 6) is 2.91. The van der Waals surface area contributed by atoms with Crippen LogP contribution in [0.1, 0.15) is 28.8 Å². The van der Waals surface area contributed by atoms with E-state index in [2.05, 4.69) is 22.5 Å². The molecular weight excluding hydrogens is 404 g/mol. The predicted molar refractivity (Wildman–Crippen MR) is 123 cm³/mol. The fraction of sp³-hybridized carbons (Fsp3) is 0.273. The molecule has 0 radical (unpaired) electrons. The maximum atomic E-state index is 12.2. The first-order valence-corrected chi connectivity index (χ1v) is 11.1. The zero-order valence-corrected chi connectivity index (χ0v) is 17.6. The van der Waals surface area contributed by atoms with E-state index in [-0.39, 0.29) is 11.4 Å². The molecule has 0 unspecified atom stereocenters. The number of fused-ring (bicyclic) bond motifs is 1. The second kappa shape index (κ2) is 8.51. The summed E-state index contributed by atoms with van der Waals surface area (Å²) >= 11 is 8.10. The summed E-state index contributed by atoms with van der Waals surface area (Å²) < 4.78 is 0. The minimum Gasteiger partial charge on any atom is -0.371 e. The second-order valence-electron chi connectivity index (χ2n) is 7.18. The lowest BCUT2D eigenvalue weighted by molar-refractivity contribution is 0.0970. The lowest BCUT2D eigenvalue weighted by Crippen LogP contribution is -2.54. The summed E-state index contributed by atoms with van der Waals surface area (Å²) in [4.78, 5) is 17.1. The monoisotopic (exact) mass is 426 g/mol. The highest BCUT2D eigenvalue weighted by molar-refractivity contribution is 7.99. The summed E-state index contributed by atoms with van der Waals surface area (Å²) in [7, 11) is 0. The van der Waals surface area contributed by atoms with Crippen LogP contribution in [0.4, 0.5) is 11.4 Å². The lowest BCUT2D eigenvalue weighted by Gasteiger charge is -2.43. The minimum atomic E-state index is -0.207. The number of carbonyl (C=O) groups is 1. The van der Waals surface area contributed by atoms with E-state index in [1.807, 2.05) is 54.2 Å². The van der Waals surface area contributed by atoms with Gasteiger partial charge in [0.1, 0.15) is 5.84 Å². The van der Waals surface area contributed by atoms with Crippen LogP contribution in [-0.2, 0) is 6.54 Å². The lowest BCUT2D eigenvalue weighted by atomic mass is 9.87. The van der Waals surface area contributed by atoms with E-state index in [4.69, 9.17) is 16.6 Å². The van der Waals surface area contributed by atoms with Gasteiger partial charge in [0.05, 0.1) is 23.5 Å². The molecule has 2 aromatic carbocycles. The van der Waals surface area contributed by atoms with Crippen molar-refractivity contribution in [3.8, 4) is 0 Å². The number of hydrogen-bond donors (Lipinski definition) is 3. The number of halogens is 1. The smallest absolute Gasteiger partial charge is 0.255 e. The molecule has 0 aromatic heterocycles. The summed E-state index contributed by atoms with van der Waals surface area (Å²) in [6, 6.07) is 13.4. The summed E-state index contributed by atoms with van der Waals surface area (Å²) in [6.45, 7) is 4.10. The number of hydrogen-bond acceptors (Lipinski definition) is 4. The van der Waals surface area contributed by atoms with E-state index >= 15 is 0 Å². The molecular formula is C22H23ClN4OS. The van der Waals surface area contributed by atoms with Gasteiger partial charge in [0, 0.05) is 10.6 Å². The average Bonchev–Trinajstić information content (AvgIpc) is 2.73. The van der Waals surface area contributed by atoms with Crippen molar-refractivity contribution in [3.63, 3.8) is 0 Å². The molecule has 3 N–H and O–H groups in total. The first-order valence-electron chi connectivity index (χ1n) is 9.58. The molecule has 2 aromatic rings. The van der Waals surface area contributed by atoms with Gasteiger partial charge in [-0.1, -0.05) is 30.3 Å². The van der Waals surface area contributed by atoms with Gasteiger partial charge < -0.3 is 16.0 Å². The van der Waals surface area contributed by atoms with Crippen LogP contribution in [0, 0.1) is 0 Å². The maximum Gasteiger partial charge on any atom is 0.255 e. The predicted octanol–water partition coefficient (Wildman–Crippen LogP) is 4.92. The number of aliphatic imine (C=N–C) groups is 1. The number of benzene rings is 2. The second-order valence-corrected chi connectivity index (χ2v) is 8.84. The van der Waals surface area contributed by atoms with E-state index in [1.165, 1.54) is 6.20 Å². The Kier molecular flexibility index (Phi) is 5.83. The molecule has 2 heterocycles. The molecule has 2 aliphatic heterocycles. The maximum absolute atomic E-state index is 12.2. The van der Waals surface area contributed by atoms with E-state index in [0.29, 0.717) is 17.1 Å². The van der Waals surface area contributed by atoms with Crippen molar-refractivity contribution < 1.29 is 4.79 Å². The largest absolute Gasteiger partial charge is 0.371 e. The molecule has 1 fully saturated rings. The molecule has 4 rings (SSSR count). The molecule has 5 nitrogen and oxygen atoms in total. The molecule has 0 bridgehead atoms. The van der Waals surface area contributed by atoms with Crippen molar-refractivity contribution in [3.05, 3.63) is 71.4 Å².